The van der Waals surface area contributed by atoms with Crippen molar-refractivity contribution in [2.24, 2.45) is 0 Å². The lowest BCUT2D eigenvalue weighted by Crippen LogP contribution is -2.34. The minimum atomic E-state index is -0.545. The summed E-state index contributed by atoms with van der Waals surface area (Å²) in [5, 5.41) is 9.41. The molecule has 2 atom stereocenters. The van der Waals surface area contributed by atoms with E-state index >= 15 is 0 Å². The Morgan fingerprint density at radius 3 is 3.05 bits per heavy atom. The Balaban J connectivity index is 1.90. The lowest BCUT2D eigenvalue weighted by atomic mass is 10.1. The van der Waals surface area contributed by atoms with Gasteiger partial charge >= 0.3 is 0 Å². The van der Waals surface area contributed by atoms with Crippen LogP contribution in [0.4, 0.5) is 0 Å². The average molecular weight is 272 g/mol. The molecule has 3 rings (SSSR count). The summed E-state index contributed by atoms with van der Waals surface area (Å²) in [6.45, 7) is 1.22. The number of rotatable bonds is 3. The van der Waals surface area contributed by atoms with E-state index in [2.05, 4.69) is 6.07 Å². The summed E-state index contributed by atoms with van der Waals surface area (Å²) in [7, 11) is 1.57. The van der Waals surface area contributed by atoms with E-state index in [1.165, 1.54) is 0 Å². The molecule has 0 aliphatic carbocycles. The molecule has 0 N–H and O–H groups in total. The van der Waals surface area contributed by atoms with Gasteiger partial charge in [-0.05, 0) is 31.0 Å². The van der Waals surface area contributed by atoms with E-state index in [0.29, 0.717) is 17.9 Å². The third-order valence-corrected chi connectivity index (χ3v) is 3.90. The van der Waals surface area contributed by atoms with Crippen LogP contribution >= 0.6 is 0 Å². The predicted molar refractivity (Wildman–Crippen MR) is 71.4 cm³/mol. The summed E-state index contributed by atoms with van der Waals surface area (Å²) in [6.07, 6.45) is 2.01. The maximum Gasteiger partial charge on any atom is 0.255 e. The van der Waals surface area contributed by atoms with Crippen LogP contribution in [-0.4, -0.2) is 37.2 Å². The number of ether oxygens (including phenoxy) is 2. The van der Waals surface area contributed by atoms with Crippen molar-refractivity contribution in [2.45, 2.75) is 25.0 Å². The zero-order valence-corrected chi connectivity index (χ0v) is 11.3. The number of hydrogen-bond donors (Lipinski definition) is 0. The molecule has 1 amide bonds. The van der Waals surface area contributed by atoms with E-state index in [1.54, 1.807) is 30.2 Å². The molecular formula is C15H16N2O3. The van der Waals surface area contributed by atoms with Gasteiger partial charge in [0.2, 0.25) is 0 Å². The summed E-state index contributed by atoms with van der Waals surface area (Å²) < 4.78 is 10.7. The van der Waals surface area contributed by atoms with Gasteiger partial charge in [0.05, 0.1) is 19.3 Å². The fraction of sp³-hybridized carbons (Fsp3) is 0.467. The number of methoxy groups -OCH3 is 1. The Bertz CT molecular complexity index is 573. The van der Waals surface area contributed by atoms with E-state index in [1.807, 2.05) is 0 Å². The van der Waals surface area contributed by atoms with Crippen LogP contribution in [0.15, 0.2) is 18.2 Å². The lowest BCUT2D eigenvalue weighted by molar-refractivity contribution is 0.0511. The zero-order chi connectivity index (χ0) is 14.1. The molecule has 1 aromatic carbocycles. The van der Waals surface area contributed by atoms with E-state index in [-0.39, 0.29) is 12.0 Å². The summed E-state index contributed by atoms with van der Waals surface area (Å²) in [5.41, 5.74) is 1.32. The Hall–Kier alpha value is -2.06. The maximum atomic E-state index is 12.4. The molecule has 1 saturated heterocycles. The van der Waals surface area contributed by atoms with Gasteiger partial charge in [0.25, 0.3) is 5.91 Å². The molecule has 0 saturated carbocycles. The Morgan fingerprint density at radius 1 is 1.55 bits per heavy atom. The molecule has 2 heterocycles. The second-order valence-corrected chi connectivity index (χ2v) is 5.08. The zero-order valence-electron chi connectivity index (χ0n) is 11.3. The molecule has 2 aliphatic rings. The third-order valence-electron chi connectivity index (χ3n) is 3.90. The van der Waals surface area contributed by atoms with E-state index in [0.717, 1.165) is 25.0 Å². The quantitative estimate of drug-likeness (QED) is 0.843. The molecule has 1 fully saturated rings. The van der Waals surface area contributed by atoms with Crippen LogP contribution in [-0.2, 0) is 4.74 Å². The summed E-state index contributed by atoms with van der Waals surface area (Å²) in [5.74, 6) is 0.570. The van der Waals surface area contributed by atoms with E-state index in [9.17, 15) is 10.1 Å². The largest absolute Gasteiger partial charge is 0.497 e. The fourth-order valence-corrected chi connectivity index (χ4v) is 2.86. The van der Waals surface area contributed by atoms with Crippen LogP contribution in [0.5, 0.6) is 5.75 Å². The minimum Gasteiger partial charge on any atom is -0.497 e. The molecule has 104 valence electrons. The Labute approximate surface area is 117 Å². The number of nitriles is 1. The monoisotopic (exact) mass is 272 g/mol. The molecule has 0 bridgehead atoms. The van der Waals surface area contributed by atoms with Gasteiger partial charge in [-0.15, -0.1) is 0 Å². The highest BCUT2D eigenvalue weighted by atomic mass is 16.5. The first-order chi connectivity index (χ1) is 9.74. The van der Waals surface area contributed by atoms with Crippen molar-refractivity contribution < 1.29 is 14.3 Å². The van der Waals surface area contributed by atoms with Gasteiger partial charge in [-0.3, -0.25) is 4.79 Å². The number of amides is 1. The molecule has 2 aliphatic heterocycles. The van der Waals surface area contributed by atoms with Crippen LogP contribution in [0, 0.1) is 11.3 Å². The molecule has 0 aromatic heterocycles. The lowest BCUT2D eigenvalue weighted by Gasteiger charge is -2.23. The molecule has 5 heteroatoms. The molecule has 0 radical (unpaired) electrons. The number of benzene rings is 1. The smallest absolute Gasteiger partial charge is 0.255 e. The summed E-state index contributed by atoms with van der Waals surface area (Å²) >= 11 is 0. The molecule has 1 aromatic rings. The van der Waals surface area contributed by atoms with E-state index < -0.39 is 6.04 Å². The summed E-state index contributed by atoms with van der Waals surface area (Å²) in [4.78, 5) is 14.0. The van der Waals surface area contributed by atoms with Gasteiger partial charge in [-0.1, -0.05) is 0 Å². The van der Waals surface area contributed by atoms with Crippen molar-refractivity contribution >= 4 is 5.91 Å². The molecule has 2 unspecified atom stereocenters. The van der Waals surface area contributed by atoms with Crippen LogP contribution in [0.3, 0.4) is 0 Å². The third kappa shape index (κ3) is 2.02. The molecular weight excluding hydrogens is 256 g/mol. The van der Waals surface area contributed by atoms with Crippen LogP contribution in [0.2, 0.25) is 0 Å². The van der Waals surface area contributed by atoms with Gasteiger partial charge in [0, 0.05) is 24.3 Å². The van der Waals surface area contributed by atoms with Crippen molar-refractivity contribution in [2.75, 3.05) is 20.3 Å². The van der Waals surface area contributed by atoms with Crippen molar-refractivity contribution in [3.05, 3.63) is 29.3 Å². The fourth-order valence-electron chi connectivity index (χ4n) is 2.86. The normalized spacial score (nSPS) is 24.6. The van der Waals surface area contributed by atoms with Gasteiger partial charge < -0.3 is 14.4 Å². The van der Waals surface area contributed by atoms with E-state index in [4.69, 9.17) is 9.47 Å². The number of fused-ring (bicyclic) bond motifs is 1. The highest BCUT2D eigenvalue weighted by molar-refractivity contribution is 5.99. The summed E-state index contributed by atoms with van der Waals surface area (Å²) in [6, 6.07) is 6.93. The number of hydrogen-bond acceptors (Lipinski definition) is 4. The predicted octanol–water partition coefficient (Wildman–Crippen LogP) is 1.89. The highest BCUT2D eigenvalue weighted by Gasteiger charge is 2.38. The molecule has 0 spiro atoms. The van der Waals surface area contributed by atoms with Crippen LogP contribution in [0.1, 0.15) is 34.8 Å². The SMILES string of the molecule is COc1ccc2c(c1)C(C#N)N(CC1CCCO1)C2=O. The standard InChI is InChI=1S/C15H16N2O3/c1-19-10-4-5-12-13(7-10)14(8-16)17(15(12)18)9-11-3-2-6-20-11/h4-5,7,11,14H,2-3,6,9H2,1H3. The highest BCUT2D eigenvalue weighted by Crippen LogP contribution is 2.36. The first-order valence-corrected chi connectivity index (χ1v) is 6.74. The number of nitrogens with zero attached hydrogens (tertiary/aromatic N) is 2. The minimum absolute atomic E-state index is 0.0472. The van der Waals surface area contributed by atoms with Crippen molar-refractivity contribution in [3.8, 4) is 11.8 Å². The topological polar surface area (TPSA) is 62.6 Å². The average Bonchev–Trinajstić information content (AvgIpc) is 3.07. The van der Waals surface area contributed by atoms with Crippen molar-refractivity contribution in [1.82, 2.24) is 4.90 Å². The van der Waals surface area contributed by atoms with Gasteiger partial charge in [-0.25, -0.2) is 0 Å². The van der Waals surface area contributed by atoms with Crippen LogP contribution in [0.25, 0.3) is 0 Å². The Morgan fingerprint density at radius 2 is 2.40 bits per heavy atom. The molecule has 5 nitrogen and oxygen atoms in total. The van der Waals surface area contributed by atoms with Crippen LogP contribution < -0.4 is 4.74 Å². The van der Waals surface area contributed by atoms with Gasteiger partial charge in [0.15, 0.2) is 0 Å². The van der Waals surface area contributed by atoms with Gasteiger partial charge in [0.1, 0.15) is 11.8 Å². The second kappa shape index (κ2) is 5.14. The first-order valence-electron chi connectivity index (χ1n) is 6.74. The first kappa shape index (κ1) is 12.9. The van der Waals surface area contributed by atoms with Crippen molar-refractivity contribution in [1.29, 1.82) is 5.26 Å². The van der Waals surface area contributed by atoms with Crippen molar-refractivity contribution in [3.63, 3.8) is 0 Å². The second-order valence-electron chi connectivity index (χ2n) is 5.08. The Kier molecular flexibility index (Phi) is 3.33. The number of carbonyl (C=O) groups is 1. The maximum absolute atomic E-state index is 12.4. The van der Waals surface area contributed by atoms with Gasteiger partial charge in [-0.2, -0.15) is 5.26 Å². The molecule has 20 heavy (non-hydrogen) atoms. The number of carbonyl (C=O) groups excluding carboxylic acids is 1.